The molecule has 0 spiro atoms. The second kappa shape index (κ2) is 9.89. The first-order chi connectivity index (χ1) is 14.2. The normalized spacial score (nSPS) is 12.2. The minimum Gasteiger partial charge on any atom is -0.464 e. The summed E-state index contributed by atoms with van der Waals surface area (Å²) in [5.74, 6) is -0.943. The largest absolute Gasteiger partial charge is 0.464 e. The fraction of sp³-hybridized carbons (Fsp3) is 0.278. The van der Waals surface area contributed by atoms with E-state index in [1.807, 2.05) is 0 Å². The molecule has 0 heterocycles. The number of carbonyl (C=O) groups excluding carboxylic acids is 1. The van der Waals surface area contributed by atoms with Crippen molar-refractivity contribution in [2.75, 3.05) is 6.61 Å². The zero-order valence-electron chi connectivity index (χ0n) is 15.8. The molecule has 2 rings (SSSR count). The van der Waals surface area contributed by atoms with Gasteiger partial charge in [-0.1, -0.05) is 30.3 Å². The summed E-state index contributed by atoms with van der Waals surface area (Å²) in [4.78, 5) is 31.4. The van der Waals surface area contributed by atoms with Crippen LogP contribution in [0.2, 0.25) is 0 Å². The van der Waals surface area contributed by atoms with Crippen LogP contribution in [0.3, 0.4) is 0 Å². The number of hydrogen-bond donors (Lipinski definition) is 0. The summed E-state index contributed by atoms with van der Waals surface area (Å²) < 4.78 is 35.2. The van der Waals surface area contributed by atoms with Gasteiger partial charge in [0.25, 0.3) is 11.4 Å². The van der Waals surface area contributed by atoms with Gasteiger partial charge in [-0.15, -0.1) is 0 Å². The molecule has 11 nitrogen and oxygen atoms in total. The molecular weight excluding hydrogens is 420 g/mol. The Kier molecular flexibility index (Phi) is 7.55. The summed E-state index contributed by atoms with van der Waals surface area (Å²) in [7, 11) is -4.81. The Bertz CT molecular complexity index is 1040. The van der Waals surface area contributed by atoms with Gasteiger partial charge in [0.1, 0.15) is 0 Å². The van der Waals surface area contributed by atoms with Crippen molar-refractivity contribution < 1.29 is 32.0 Å². The monoisotopic (exact) mass is 438 g/mol. The van der Waals surface area contributed by atoms with E-state index < -0.39 is 48.3 Å². The van der Waals surface area contributed by atoms with Crippen molar-refractivity contribution in [2.45, 2.75) is 30.8 Å². The van der Waals surface area contributed by atoms with Crippen LogP contribution < -0.4 is 0 Å². The molecule has 12 heteroatoms. The first-order valence-electron chi connectivity index (χ1n) is 8.72. The second-order valence-corrected chi connectivity index (χ2v) is 7.52. The highest BCUT2D eigenvalue weighted by atomic mass is 32.2. The van der Waals surface area contributed by atoms with Crippen LogP contribution in [0.5, 0.6) is 0 Å². The number of carbonyl (C=O) groups is 1. The van der Waals surface area contributed by atoms with Crippen LogP contribution in [0.15, 0.2) is 53.4 Å². The highest BCUT2D eigenvalue weighted by Crippen LogP contribution is 2.30. The lowest BCUT2D eigenvalue weighted by Gasteiger charge is -2.16. The molecule has 0 radical (unpaired) electrons. The SMILES string of the molecule is CCOC(=O)C(CCc1ccccc1)OS(=O)(=O)c1ccc([N+](=O)[O-])cc1[N+](=O)[O-]. The lowest BCUT2D eigenvalue weighted by atomic mass is 10.1. The third kappa shape index (κ3) is 5.81. The highest BCUT2D eigenvalue weighted by molar-refractivity contribution is 7.87. The van der Waals surface area contributed by atoms with E-state index in [1.165, 1.54) is 6.92 Å². The van der Waals surface area contributed by atoms with E-state index in [0.29, 0.717) is 12.1 Å². The topological polar surface area (TPSA) is 156 Å². The van der Waals surface area contributed by atoms with Crippen molar-refractivity contribution in [1.82, 2.24) is 0 Å². The third-order valence-electron chi connectivity index (χ3n) is 3.95. The van der Waals surface area contributed by atoms with Gasteiger partial charge in [0.15, 0.2) is 11.0 Å². The Morgan fingerprint density at radius 2 is 1.73 bits per heavy atom. The standard InChI is InChI=1S/C18H18N2O9S/c1-2-28-18(21)16(10-8-13-6-4-3-5-7-13)29-30(26,27)17-11-9-14(19(22)23)12-15(17)20(24)25/h3-7,9,11-12,16H,2,8,10H2,1H3. The molecule has 0 amide bonds. The molecule has 0 N–H and O–H groups in total. The molecule has 0 saturated heterocycles. The minimum atomic E-state index is -4.81. The molecule has 0 aliphatic rings. The molecule has 1 atom stereocenters. The fourth-order valence-corrected chi connectivity index (χ4v) is 3.77. The van der Waals surface area contributed by atoms with E-state index in [-0.39, 0.29) is 19.4 Å². The number of rotatable bonds is 10. The van der Waals surface area contributed by atoms with E-state index >= 15 is 0 Å². The van der Waals surface area contributed by atoms with E-state index in [2.05, 4.69) is 0 Å². The van der Waals surface area contributed by atoms with Crippen molar-refractivity contribution in [1.29, 1.82) is 0 Å². The number of nitrogens with zero attached hydrogens (tertiary/aromatic N) is 2. The van der Waals surface area contributed by atoms with Crippen molar-refractivity contribution in [3.63, 3.8) is 0 Å². The minimum absolute atomic E-state index is 0.0260. The smallest absolute Gasteiger partial charge is 0.336 e. The Balaban J connectivity index is 2.34. The summed E-state index contributed by atoms with van der Waals surface area (Å²) in [5.41, 5.74) is -0.879. The van der Waals surface area contributed by atoms with Crippen LogP contribution in [0.25, 0.3) is 0 Å². The molecule has 0 aliphatic carbocycles. The molecule has 30 heavy (non-hydrogen) atoms. The maximum absolute atomic E-state index is 12.7. The van der Waals surface area contributed by atoms with E-state index in [4.69, 9.17) is 8.92 Å². The number of hydrogen-bond acceptors (Lipinski definition) is 9. The molecule has 0 saturated carbocycles. The number of esters is 1. The summed E-state index contributed by atoms with van der Waals surface area (Å²) in [6.07, 6.45) is -1.34. The first kappa shape index (κ1) is 22.9. The van der Waals surface area contributed by atoms with Gasteiger partial charge in [0.2, 0.25) is 0 Å². The molecular formula is C18H18N2O9S. The highest BCUT2D eigenvalue weighted by Gasteiger charge is 2.34. The predicted molar refractivity (Wildman–Crippen MR) is 103 cm³/mol. The Morgan fingerprint density at radius 1 is 1.07 bits per heavy atom. The summed E-state index contributed by atoms with van der Waals surface area (Å²) in [6, 6.07) is 10.9. The molecule has 1 unspecified atom stereocenters. The molecule has 2 aromatic rings. The molecule has 2 aromatic carbocycles. The Hall–Kier alpha value is -3.38. The van der Waals surface area contributed by atoms with Crippen LogP contribution in [-0.4, -0.2) is 36.9 Å². The van der Waals surface area contributed by atoms with Gasteiger partial charge in [0, 0.05) is 6.07 Å². The van der Waals surface area contributed by atoms with Gasteiger partial charge in [-0.3, -0.25) is 24.4 Å². The number of non-ortho nitro benzene ring substituents is 1. The first-order valence-corrected chi connectivity index (χ1v) is 10.1. The average Bonchev–Trinajstić information content (AvgIpc) is 2.71. The van der Waals surface area contributed by atoms with Gasteiger partial charge < -0.3 is 4.74 Å². The number of aryl methyl sites for hydroxylation is 1. The zero-order valence-corrected chi connectivity index (χ0v) is 16.6. The summed E-state index contributed by atoms with van der Waals surface area (Å²) in [5, 5.41) is 22.1. The molecule has 0 fully saturated rings. The van der Waals surface area contributed by atoms with Crippen molar-refractivity contribution in [2.24, 2.45) is 0 Å². The average molecular weight is 438 g/mol. The van der Waals surface area contributed by atoms with E-state index in [9.17, 15) is 33.4 Å². The maximum Gasteiger partial charge on any atom is 0.336 e. The van der Waals surface area contributed by atoms with E-state index in [0.717, 1.165) is 11.6 Å². The van der Waals surface area contributed by atoms with Crippen LogP contribution in [0, 0.1) is 20.2 Å². The van der Waals surface area contributed by atoms with Crippen molar-refractivity contribution in [3.8, 4) is 0 Å². The van der Waals surface area contributed by atoms with Gasteiger partial charge in [-0.25, -0.2) is 4.79 Å². The number of ether oxygens (including phenoxy) is 1. The number of nitro benzene ring substituents is 2. The Labute approximate surface area is 171 Å². The quantitative estimate of drug-likeness (QED) is 0.235. The van der Waals surface area contributed by atoms with Crippen molar-refractivity contribution in [3.05, 3.63) is 74.3 Å². The number of nitro groups is 2. The van der Waals surface area contributed by atoms with Crippen LogP contribution in [0.4, 0.5) is 11.4 Å². The van der Waals surface area contributed by atoms with Gasteiger partial charge in [-0.05, 0) is 31.4 Å². The van der Waals surface area contributed by atoms with Gasteiger partial charge in [-0.2, -0.15) is 8.42 Å². The fourth-order valence-electron chi connectivity index (χ4n) is 2.56. The third-order valence-corrected chi connectivity index (χ3v) is 5.32. The molecule has 0 bridgehead atoms. The number of benzene rings is 2. The van der Waals surface area contributed by atoms with Gasteiger partial charge in [0.05, 0.1) is 22.5 Å². The van der Waals surface area contributed by atoms with E-state index in [1.54, 1.807) is 30.3 Å². The molecule has 160 valence electrons. The lowest BCUT2D eigenvalue weighted by Crippen LogP contribution is -2.30. The molecule has 0 aliphatic heterocycles. The van der Waals surface area contributed by atoms with Crippen LogP contribution in [0.1, 0.15) is 18.9 Å². The summed E-state index contributed by atoms with van der Waals surface area (Å²) in [6.45, 7) is 1.50. The zero-order chi connectivity index (χ0) is 22.3. The predicted octanol–water partition coefficient (Wildman–Crippen LogP) is 2.77. The summed E-state index contributed by atoms with van der Waals surface area (Å²) >= 11 is 0. The van der Waals surface area contributed by atoms with Gasteiger partial charge >= 0.3 is 16.1 Å². The van der Waals surface area contributed by atoms with Crippen LogP contribution >= 0.6 is 0 Å². The lowest BCUT2D eigenvalue weighted by molar-refractivity contribution is -0.396. The Morgan fingerprint density at radius 3 is 2.30 bits per heavy atom. The van der Waals surface area contributed by atoms with Crippen molar-refractivity contribution >= 4 is 27.5 Å². The van der Waals surface area contributed by atoms with Crippen LogP contribution in [-0.2, 0) is 30.3 Å². The second-order valence-electron chi connectivity index (χ2n) is 5.98. The maximum atomic E-state index is 12.7. The molecule has 0 aromatic heterocycles.